The van der Waals surface area contributed by atoms with Crippen LogP contribution in [0.25, 0.3) is 0 Å². The van der Waals surface area contributed by atoms with Gasteiger partial charge in [-0.2, -0.15) is 0 Å². The Morgan fingerprint density at radius 1 is 0.800 bits per heavy atom. The van der Waals surface area contributed by atoms with Gasteiger partial charge in [-0.25, -0.2) is 0 Å². The monoisotopic (exact) mass is 277 g/mol. The second-order valence-electron chi connectivity index (χ2n) is 5.48. The molecule has 114 valence electrons. The Morgan fingerprint density at radius 2 is 1.35 bits per heavy atom. The van der Waals surface area contributed by atoms with Crippen LogP contribution in [0.2, 0.25) is 0 Å². The fourth-order valence-electron chi connectivity index (χ4n) is 2.38. The molecule has 0 amide bonds. The van der Waals surface area contributed by atoms with E-state index < -0.39 is 0 Å². The first-order chi connectivity index (χ1) is 9.86. The minimum absolute atomic E-state index is 0.915. The molecule has 1 aromatic rings. The molecular formula is C18H31NO. The highest BCUT2D eigenvalue weighted by molar-refractivity contribution is 5.46. The summed E-state index contributed by atoms with van der Waals surface area (Å²) in [5.74, 6) is 0.915. The van der Waals surface area contributed by atoms with Crippen molar-refractivity contribution < 1.29 is 4.74 Å². The van der Waals surface area contributed by atoms with E-state index in [2.05, 4.69) is 24.4 Å². The fourth-order valence-corrected chi connectivity index (χ4v) is 2.38. The molecule has 1 rings (SSSR count). The maximum Gasteiger partial charge on any atom is 0.119 e. The maximum absolute atomic E-state index is 5.15. The van der Waals surface area contributed by atoms with E-state index in [1.54, 1.807) is 7.11 Å². The van der Waals surface area contributed by atoms with Crippen molar-refractivity contribution in [3.8, 4) is 5.75 Å². The van der Waals surface area contributed by atoms with Crippen molar-refractivity contribution in [3.05, 3.63) is 24.3 Å². The summed E-state index contributed by atoms with van der Waals surface area (Å²) in [5, 5.41) is 3.46. The minimum atomic E-state index is 0.915. The molecule has 0 aliphatic rings. The first kappa shape index (κ1) is 16.9. The molecule has 0 atom stereocenters. The normalized spacial score (nSPS) is 10.5. The molecule has 0 radical (unpaired) electrons. The average Bonchev–Trinajstić information content (AvgIpc) is 2.50. The molecule has 1 N–H and O–H groups in total. The van der Waals surface area contributed by atoms with E-state index in [-0.39, 0.29) is 0 Å². The molecular weight excluding hydrogens is 246 g/mol. The lowest BCUT2D eigenvalue weighted by Crippen LogP contribution is -2.01. The number of rotatable bonds is 12. The molecule has 0 saturated carbocycles. The third-order valence-corrected chi connectivity index (χ3v) is 3.70. The van der Waals surface area contributed by atoms with E-state index in [4.69, 9.17) is 4.74 Å². The summed E-state index contributed by atoms with van der Waals surface area (Å²) in [4.78, 5) is 0. The summed E-state index contributed by atoms with van der Waals surface area (Å²) in [5.41, 5.74) is 1.19. The molecule has 1 aromatic carbocycles. The first-order valence-corrected chi connectivity index (χ1v) is 8.24. The summed E-state index contributed by atoms with van der Waals surface area (Å²) in [6.07, 6.45) is 12.4. The van der Waals surface area contributed by atoms with Crippen molar-refractivity contribution in [2.45, 2.75) is 64.7 Å². The zero-order chi connectivity index (χ0) is 14.5. The second-order valence-corrected chi connectivity index (χ2v) is 5.48. The average molecular weight is 277 g/mol. The predicted octanol–water partition coefficient (Wildman–Crippen LogP) is 5.64. The maximum atomic E-state index is 5.15. The van der Waals surface area contributed by atoms with E-state index in [0.717, 1.165) is 12.3 Å². The Kier molecular flexibility index (Phi) is 9.81. The first-order valence-electron chi connectivity index (χ1n) is 8.24. The molecule has 0 aliphatic carbocycles. The van der Waals surface area contributed by atoms with Gasteiger partial charge in [0.25, 0.3) is 0 Å². The number of methoxy groups -OCH3 is 1. The van der Waals surface area contributed by atoms with Gasteiger partial charge in [0.05, 0.1) is 7.11 Å². The molecule has 0 aliphatic heterocycles. The molecule has 2 nitrogen and oxygen atoms in total. The van der Waals surface area contributed by atoms with Gasteiger partial charge in [-0.1, -0.05) is 58.3 Å². The van der Waals surface area contributed by atoms with Crippen molar-refractivity contribution in [1.29, 1.82) is 0 Å². The van der Waals surface area contributed by atoms with E-state index in [1.807, 2.05) is 12.1 Å². The van der Waals surface area contributed by atoms with Crippen LogP contribution in [0, 0.1) is 0 Å². The SMILES string of the molecule is CCCCCCCCCCCNc1ccc(OC)cc1. The second kappa shape index (κ2) is 11.6. The largest absolute Gasteiger partial charge is 0.497 e. The van der Waals surface area contributed by atoms with Gasteiger partial charge < -0.3 is 10.1 Å². The molecule has 0 bridgehead atoms. The molecule has 0 unspecified atom stereocenters. The number of nitrogens with one attached hydrogen (secondary N) is 1. The van der Waals surface area contributed by atoms with Gasteiger partial charge in [0.15, 0.2) is 0 Å². The van der Waals surface area contributed by atoms with Crippen LogP contribution in [-0.4, -0.2) is 13.7 Å². The third-order valence-electron chi connectivity index (χ3n) is 3.70. The molecule has 0 spiro atoms. The van der Waals surface area contributed by atoms with Gasteiger partial charge in [-0.15, -0.1) is 0 Å². The van der Waals surface area contributed by atoms with Gasteiger partial charge in [0.2, 0.25) is 0 Å². The number of ether oxygens (including phenoxy) is 1. The van der Waals surface area contributed by atoms with Crippen molar-refractivity contribution in [2.24, 2.45) is 0 Å². The number of anilines is 1. The molecule has 20 heavy (non-hydrogen) atoms. The van der Waals surface area contributed by atoms with Crippen molar-refractivity contribution in [3.63, 3.8) is 0 Å². The summed E-state index contributed by atoms with van der Waals surface area (Å²) >= 11 is 0. The highest BCUT2D eigenvalue weighted by atomic mass is 16.5. The van der Waals surface area contributed by atoms with Crippen LogP contribution in [-0.2, 0) is 0 Å². The fraction of sp³-hybridized carbons (Fsp3) is 0.667. The predicted molar refractivity (Wildman–Crippen MR) is 88.7 cm³/mol. The molecule has 0 aromatic heterocycles. The van der Waals surface area contributed by atoms with Gasteiger partial charge in [-0.05, 0) is 30.7 Å². The summed E-state index contributed by atoms with van der Waals surface area (Å²) in [7, 11) is 1.70. The lowest BCUT2D eigenvalue weighted by molar-refractivity contribution is 0.415. The lowest BCUT2D eigenvalue weighted by Gasteiger charge is -2.07. The quantitative estimate of drug-likeness (QED) is 0.499. The van der Waals surface area contributed by atoms with Crippen LogP contribution in [0.4, 0.5) is 5.69 Å². The van der Waals surface area contributed by atoms with Crippen molar-refractivity contribution in [1.82, 2.24) is 0 Å². The Morgan fingerprint density at radius 3 is 1.90 bits per heavy atom. The number of unbranched alkanes of at least 4 members (excludes halogenated alkanes) is 8. The molecule has 0 heterocycles. The Bertz CT molecular complexity index is 321. The Hall–Kier alpha value is -1.18. The standard InChI is InChI=1S/C18H31NO/c1-3-4-5-6-7-8-9-10-11-16-19-17-12-14-18(20-2)15-13-17/h12-15,19H,3-11,16H2,1-2H3. The minimum Gasteiger partial charge on any atom is -0.497 e. The van der Waals surface area contributed by atoms with E-state index >= 15 is 0 Å². The summed E-state index contributed by atoms with van der Waals surface area (Å²) < 4.78 is 5.15. The lowest BCUT2D eigenvalue weighted by atomic mass is 10.1. The Balaban J connectivity index is 1.91. The number of hydrogen-bond donors (Lipinski definition) is 1. The van der Waals surface area contributed by atoms with E-state index in [0.29, 0.717) is 0 Å². The summed E-state index contributed by atoms with van der Waals surface area (Å²) in [6, 6.07) is 8.15. The molecule has 0 fully saturated rings. The van der Waals surface area contributed by atoms with Crippen LogP contribution in [0.5, 0.6) is 5.75 Å². The number of hydrogen-bond acceptors (Lipinski definition) is 2. The van der Waals surface area contributed by atoms with E-state index in [9.17, 15) is 0 Å². The van der Waals surface area contributed by atoms with E-state index in [1.165, 1.54) is 63.5 Å². The van der Waals surface area contributed by atoms with Crippen LogP contribution >= 0.6 is 0 Å². The zero-order valence-corrected chi connectivity index (χ0v) is 13.3. The van der Waals surface area contributed by atoms with Gasteiger partial charge in [0, 0.05) is 12.2 Å². The molecule has 2 heteroatoms. The van der Waals surface area contributed by atoms with Gasteiger partial charge in [0.1, 0.15) is 5.75 Å². The zero-order valence-electron chi connectivity index (χ0n) is 13.3. The number of benzene rings is 1. The van der Waals surface area contributed by atoms with Gasteiger partial charge in [-0.3, -0.25) is 0 Å². The van der Waals surface area contributed by atoms with Gasteiger partial charge >= 0.3 is 0 Å². The smallest absolute Gasteiger partial charge is 0.119 e. The van der Waals surface area contributed by atoms with Crippen LogP contribution in [0.15, 0.2) is 24.3 Å². The van der Waals surface area contributed by atoms with Crippen LogP contribution in [0.3, 0.4) is 0 Å². The van der Waals surface area contributed by atoms with Crippen molar-refractivity contribution >= 4 is 5.69 Å². The summed E-state index contributed by atoms with van der Waals surface area (Å²) in [6.45, 7) is 3.35. The third kappa shape index (κ3) is 8.08. The topological polar surface area (TPSA) is 21.3 Å². The van der Waals surface area contributed by atoms with Crippen molar-refractivity contribution in [2.75, 3.05) is 19.0 Å². The highest BCUT2D eigenvalue weighted by Gasteiger charge is 1.94. The highest BCUT2D eigenvalue weighted by Crippen LogP contribution is 2.15. The Labute approximate surface area is 124 Å². The van der Waals surface area contributed by atoms with Crippen LogP contribution in [0.1, 0.15) is 64.7 Å². The van der Waals surface area contributed by atoms with Crippen LogP contribution < -0.4 is 10.1 Å². The molecule has 0 saturated heterocycles.